The third-order valence-corrected chi connectivity index (χ3v) is 5.59. The molecule has 164 valence electrons. The largest absolute Gasteiger partial charge is 0.464 e. The molecule has 1 N–H and O–H groups in total. The van der Waals surface area contributed by atoms with Crippen LogP contribution in [-0.2, 0) is 0 Å². The van der Waals surface area contributed by atoms with Crippen LogP contribution in [0.15, 0.2) is 71.7 Å². The summed E-state index contributed by atoms with van der Waals surface area (Å²) in [5.41, 5.74) is 6.45. The molecule has 1 aromatic carbocycles. The number of aromatic nitrogens is 4. The maximum absolute atomic E-state index is 13.2. The Bertz CT molecular complexity index is 1450. The van der Waals surface area contributed by atoms with Gasteiger partial charge in [-0.05, 0) is 68.3 Å². The predicted octanol–water partition coefficient (Wildman–Crippen LogP) is 6.28. The number of anilines is 1. The van der Waals surface area contributed by atoms with Gasteiger partial charge in [-0.3, -0.25) is 4.98 Å². The van der Waals surface area contributed by atoms with E-state index in [4.69, 9.17) is 4.42 Å². The number of nitrogens with zero attached hydrogens (tertiary/aromatic N) is 4. The molecule has 0 bridgehead atoms. The molecule has 4 heterocycles. The van der Waals surface area contributed by atoms with Crippen molar-refractivity contribution in [3.8, 4) is 22.4 Å². The molecular weight excluding hydrogens is 417 g/mol. The van der Waals surface area contributed by atoms with Gasteiger partial charge in [0.15, 0.2) is 0 Å². The van der Waals surface area contributed by atoms with Crippen molar-refractivity contribution in [3.05, 3.63) is 90.2 Å². The number of furan rings is 1. The Morgan fingerprint density at radius 2 is 1.76 bits per heavy atom. The van der Waals surface area contributed by atoms with Crippen LogP contribution in [0.3, 0.4) is 0 Å². The highest BCUT2D eigenvalue weighted by Gasteiger charge is 2.12. The number of nitrogens with one attached hydrogen (secondary N) is 1. The van der Waals surface area contributed by atoms with Gasteiger partial charge in [0.2, 0.25) is 5.95 Å². The summed E-state index contributed by atoms with van der Waals surface area (Å²) < 4.78 is 18.7. The van der Waals surface area contributed by atoms with E-state index in [0.29, 0.717) is 5.82 Å². The van der Waals surface area contributed by atoms with E-state index in [9.17, 15) is 4.39 Å². The van der Waals surface area contributed by atoms with Gasteiger partial charge < -0.3 is 9.73 Å². The van der Waals surface area contributed by atoms with Gasteiger partial charge in [-0.15, -0.1) is 0 Å². The minimum absolute atomic E-state index is 0.0633. The Labute approximate surface area is 190 Å². The lowest BCUT2D eigenvalue weighted by molar-refractivity contribution is 0.584. The summed E-state index contributed by atoms with van der Waals surface area (Å²) in [7, 11) is 0. The molecule has 4 aromatic heterocycles. The first kappa shape index (κ1) is 20.8. The fraction of sp³-hybridized carbons (Fsp3) is 0.154. The number of fused-ring (bicyclic) bond motifs is 1. The zero-order valence-corrected chi connectivity index (χ0v) is 18.5. The van der Waals surface area contributed by atoms with Crippen LogP contribution < -0.4 is 5.32 Å². The average molecular weight is 439 g/mol. The Hall–Kier alpha value is -4.13. The van der Waals surface area contributed by atoms with Gasteiger partial charge in [-0.25, -0.2) is 15.0 Å². The van der Waals surface area contributed by atoms with Crippen molar-refractivity contribution in [1.29, 1.82) is 0 Å². The van der Waals surface area contributed by atoms with E-state index in [0.717, 1.165) is 50.3 Å². The van der Waals surface area contributed by atoms with Gasteiger partial charge in [0.1, 0.15) is 17.2 Å². The van der Waals surface area contributed by atoms with Crippen molar-refractivity contribution in [3.63, 3.8) is 0 Å². The molecular formula is C26H22FN5O. The van der Waals surface area contributed by atoms with E-state index >= 15 is 0 Å². The van der Waals surface area contributed by atoms with Gasteiger partial charge in [0.05, 0.1) is 18.0 Å². The monoisotopic (exact) mass is 439 g/mol. The van der Waals surface area contributed by atoms with Crippen LogP contribution in [0, 0.1) is 19.8 Å². The topological polar surface area (TPSA) is 76.7 Å². The van der Waals surface area contributed by atoms with Gasteiger partial charge in [-0.2, -0.15) is 4.39 Å². The molecule has 0 saturated heterocycles. The second kappa shape index (κ2) is 8.43. The first-order valence-electron chi connectivity index (χ1n) is 10.6. The lowest BCUT2D eigenvalue weighted by Crippen LogP contribution is -2.09. The van der Waals surface area contributed by atoms with Crippen molar-refractivity contribution < 1.29 is 8.81 Å². The maximum Gasteiger partial charge on any atom is 0.212 e. The molecule has 5 rings (SSSR count). The van der Waals surface area contributed by atoms with Gasteiger partial charge in [0.25, 0.3) is 0 Å². The standard InChI is InChI=1S/C26H22FN5O/c1-15-14-33-24-6-4-18(9-22(15)24)23-10-26(32-17(3)31-23)30-16(2)20-8-21(12-28-11-20)19-5-7-25(27)29-13-19/h4-14,16H,1-3H3,(H,30,31,32). The Morgan fingerprint density at radius 3 is 2.58 bits per heavy atom. The quantitative estimate of drug-likeness (QED) is 0.325. The van der Waals surface area contributed by atoms with E-state index < -0.39 is 5.95 Å². The minimum atomic E-state index is -0.505. The molecule has 1 atom stereocenters. The third kappa shape index (κ3) is 4.30. The smallest absolute Gasteiger partial charge is 0.212 e. The van der Waals surface area contributed by atoms with Crippen molar-refractivity contribution in [2.24, 2.45) is 0 Å². The number of aryl methyl sites for hydroxylation is 2. The van der Waals surface area contributed by atoms with Crippen molar-refractivity contribution in [2.75, 3.05) is 5.32 Å². The zero-order chi connectivity index (χ0) is 22.9. The second-order valence-electron chi connectivity index (χ2n) is 8.06. The fourth-order valence-electron chi connectivity index (χ4n) is 3.81. The summed E-state index contributed by atoms with van der Waals surface area (Å²) in [5.74, 6) is 0.897. The summed E-state index contributed by atoms with van der Waals surface area (Å²) >= 11 is 0. The Kier molecular flexibility index (Phi) is 5.30. The summed E-state index contributed by atoms with van der Waals surface area (Å²) in [4.78, 5) is 17.3. The lowest BCUT2D eigenvalue weighted by Gasteiger charge is -2.16. The molecule has 0 aliphatic heterocycles. The third-order valence-electron chi connectivity index (χ3n) is 5.59. The summed E-state index contributed by atoms with van der Waals surface area (Å²) in [6.45, 7) is 5.95. The average Bonchev–Trinajstić information content (AvgIpc) is 3.19. The van der Waals surface area contributed by atoms with Crippen LogP contribution in [0.4, 0.5) is 10.2 Å². The number of hydrogen-bond donors (Lipinski definition) is 1. The highest BCUT2D eigenvalue weighted by Crippen LogP contribution is 2.29. The number of benzene rings is 1. The van der Waals surface area contributed by atoms with E-state index in [1.165, 1.54) is 12.3 Å². The molecule has 1 unspecified atom stereocenters. The van der Waals surface area contributed by atoms with Crippen LogP contribution in [0.25, 0.3) is 33.4 Å². The Morgan fingerprint density at radius 1 is 0.909 bits per heavy atom. The zero-order valence-electron chi connectivity index (χ0n) is 18.5. The summed E-state index contributed by atoms with van der Waals surface area (Å²) in [5, 5.41) is 4.53. The molecule has 0 saturated carbocycles. The lowest BCUT2D eigenvalue weighted by atomic mass is 10.0. The number of pyridine rings is 2. The van der Waals surface area contributed by atoms with E-state index in [1.54, 1.807) is 18.5 Å². The van der Waals surface area contributed by atoms with Crippen molar-refractivity contribution in [1.82, 2.24) is 19.9 Å². The van der Waals surface area contributed by atoms with Crippen molar-refractivity contribution >= 4 is 16.8 Å². The van der Waals surface area contributed by atoms with E-state index in [2.05, 4.69) is 31.3 Å². The molecule has 0 amide bonds. The van der Waals surface area contributed by atoms with Crippen LogP contribution in [-0.4, -0.2) is 19.9 Å². The highest BCUT2D eigenvalue weighted by molar-refractivity contribution is 5.85. The van der Waals surface area contributed by atoms with E-state index in [1.807, 2.05) is 51.2 Å². The number of hydrogen-bond acceptors (Lipinski definition) is 6. The first-order valence-corrected chi connectivity index (χ1v) is 10.6. The van der Waals surface area contributed by atoms with Crippen molar-refractivity contribution in [2.45, 2.75) is 26.8 Å². The van der Waals surface area contributed by atoms with Gasteiger partial charge >= 0.3 is 0 Å². The molecule has 0 aliphatic carbocycles. The first-order chi connectivity index (χ1) is 16.0. The maximum atomic E-state index is 13.2. The highest BCUT2D eigenvalue weighted by atomic mass is 19.1. The molecule has 33 heavy (non-hydrogen) atoms. The Balaban J connectivity index is 1.42. The fourth-order valence-corrected chi connectivity index (χ4v) is 3.81. The second-order valence-corrected chi connectivity index (χ2v) is 8.06. The summed E-state index contributed by atoms with van der Waals surface area (Å²) in [6, 6.07) is 13.0. The molecule has 7 heteroatoms. The van der Waals surface area contributed by atoms with E-state index in [-0.39, 0.29) is 6.04 Å². The predicted molar refractivity (Wildman–Crippen MR) is 126 cm³/mol. The summed E-state index contributed by atoms with van der Waals surface area (Å²) in [6.07, 6.45) is 6.82. The molecule has 0 fully saturated rings. The molecule has 0 radical (unpaired) electrons. The molecule has 6 nitrogen and oxygen atoms in total. The van der Waals surface area contributed by atoms with Crippen LogP contribution >= 0.6 is 0 Å². The SMILES string of the molecule is Cc1nc(NC(C)c2cncc(-c3ccc(F)nc3)c2)cc(-c2ccc3occ(C)c3c2)n1. The van der Waals surface area contributed by atoms with Crippen LogP contribution in [0.2, 0.25) is 0 Å². The number of halogens is 1. The van der Waals surface area contributed by atoms with Gasteiger partial charge in [0, 0.05) is 46.7 Å². The van der Waals surface area contributed by atoms with Crippen LogP contribution in [0.5, 0.6) is 0 Å². The number of rotatable bonds is 5. The molecule has 0 spiro atoms. The molecule has 0 aliphatic rings. The van der Waals surface area contributed by atoms with Crippen LogP contribution in [0.1, 0.15) is 29.9 Å². The molecule has 5 aromatic rings. The minimum Gasteiger partial charge on any atom is -0.464 e. The normalized spacial score (nSPS) is 12.1. The van der Waals surface area contributed by atoms with Gasteiger partial charge in [-0.1, -0.05) is 0 Å².